The number of hydrogen-bond donors (Lipinski definition) is 1. The summed E-state index contributed by atoms with van der Waals surface area (Å²) in [5.74, 6) is -1.07. The van der Waals surface area contributed by atoms with Crippen molar-refractivity contribution in [3.8, 4) is 11.5 Å². The maximum Gasteiger partial charge on any atom is 0.387 e. The molecule has 0 spiro atoms. The van der Waals surface area contributed by atoms with E-state index in [4.69, 9.17) is 9.47 Å². The molecule has 26 heavy (non-hydrogen) atoms. The Morgan fingerprint density at radius 1 is 1.19 bits per heavy atom. The molecule has 1 amide bonds. The summed E-state index contributed by atoms with van der Waals surface area (Å²) in [5, 5.41) is 2.75. The fraction of sp³-hybridized carbons (Fsp3) is 0.444. The van der Waals surface area contributed by atoms with Crippen LogP contribution in [0.3, 0.4) is 0 Å². The Morgan fingerprint density at radius 3 is 2.46 bits per heavy atom. The lowest BCUT2D eigenvalue weighted by molar-refractivity contribution is -0.144. The fourth-order valence-electron chi connectivity index (χ4n) is 2.09. The zero-order valence-electron chi connectivity index (χ0n) is 15.0. The highest BCUT2D eigenvalue weighted by Crippen LogP contribution is 2.29. The number of methoxy groups -OCH3 is 1. The molecule has 0 saturated heterocycles. The second-order valence-electron chi connectivity index (χ2n) is 5.31. The van der Waals surface area contributed by atoms with Crippen LogP contribution in [-0.4, -0.2) is 38.2 Å². The van der Waals surface area contributed by atoms with Crippen LogP contribution < -0.4 is 14.8 Å². The van der Waals surface area contributed by atoms with Crippen molar-refractivity contribution in [2.75, 3.05) is 13.7 Å². The number of alkyl halides is 2. The average molecular weight is 371 g/mol. The zero-order chi connectivity index (χ0) is 19.5. The van der Waals surface area contributed by atoms with Crippen LogP contribution in [0.15, 0.2) is 24.3 Å². The van der Waals surface area contributed by atoms with Gasteiger partial charge in [-0.2, -0.15) is 8.78 Å². The van der Waals surface area contributed by atoms with Crippen molar-refractivity contribution in [2.24, 2.45) is 0 Å². The first-order chi connectivity index (χ1) is 12.4. The minimum absolute atomic E-state index is 0.0539. The van der Waals surface area contributed by atoms with E-state index in [-0.39, 0.29) is 30.1 Å². The molecule has 0 saturated carbocycles. The van der Waals surface area contributed by atoms with Crippen molar-refractivity contribution in [2.45, 2.75) is 39.3 Å². The molecule has 6 nitrogen and oxygen atoms in total. The zero-order valence-corrected chi connectivity index (χ0v) is 15.0. The smallest absolute Gasteiger partial charge is 0.387 e. The van der Waals surface area contributed by atoms with Gasteiger partial charge in [-0.3, -0.25) is 4.79 Å². The van der Waals surface area contributed by atoms with Crippen molar-refractivity contribution >= 4 is 18.0 Å². The molecule has 0 unspecified atom stereocenters. The molecule has 0 aliphatic heterocycles. The van der Waals surface area contributed by atoms with Gasteiger partial charge in [-0.1, -0.05) is 19.9 Å². The summed E-state index contributed by atoms with van der Waals surface area (Å²) in [6.45, 7) is 0.570. The number of carbonyl (C=O) groups is 2. The van der Waals surface area contributed by atoms with Crippen LogP contribution in [0.4, 0.5) is 8.78 Å². The van der Waals surface area contributed by atoms with E-state index in [0.717, 1.165) is 18.9 Å². The molecule has 144 valence electrons. The van der Waals surface area contributed by atoms with E-state index in [1.54, 1.807) is 0 Å². The number of hydrogen-bond acceptors (Lipinski definition) is 5. The van der Waals surface area contributed by atoms with Crippen molar-refractivity contribution < 1.29 is 32.6 Å². The van der Waals surface area contributed by atoms with Crippen molar-refractivity contribution in [1.82, 2.24) is 5.32 Å². The Balaban J connectivity index is 2.58. The molecule has 1 aromatic rings. The standard InChI is InChI=1S/C18H23F2NO5/c1-4-13(5-2)21-16(22)11-25-17(23)9-7-12-6-8-14(26-18(19)20)15(10-12)24-3/h6-10,13,18H,4-5,11H2,1-3H3,(H,21,22)/b9-7+. The highest BCUT2D eigenvalue weighted by Gasteiger charge is 2.11. The topological polar surface area (TPSA) is 73.9 Å². The van der Waals surface area contributed by atoms with Crippen molar-refractivity contribution in [3.05, 3.63) is 29.8 Å². The summed E-state index contributed by atoms with van der Waals surface area (Å²) in [7, 11) is 1.31. The highest BCUT2D eigenvalue weighted by molar-refractivity contribution is 5.89. The summed E-state index contributed by atoms with van der Waals surface area (Å²) in [5.41, 5.74) is 0.516. The summed E-state index contributed by atoms with van der Waals surface area (Å²) in [6.07, 6.45) is 4.13. The third kappa shape index (κ3) is 7.50. The van der Waals surface area contributed by atoms with Gasteiger partial charge in [-0.05, 0) is 36.6 Å². The van der Waals surface area contributed by atoms with Crippen molar-refractivity contribution in [3.63, 3.8) is 0 Å². The Labute approximate surface area is 151 Å². The molecule has 0 fully saturated rings. The fourth-order valence-corrected chi connectivity index (χ4v) is 2.09. The molecule has 0 aromatic heterocycles. The number of benzene rings is 1. The van der Waals surface area contributed by atoms with E-state index < -0.39 is 12.6 Å². The van der Waals surface area contributed by atoms with Gasteiger partial charge in [0.25, 0.3) is 5.91 Å². The summed E-state index contributed by atoms with van der Waals surface area (Å²) in [4.78, 5) is 23.3. The lowest BCUT2D eigenvalue weighted by Gasteiger charge is -2.14. The van der Waals surface area contributed by atoms with Gasteiger partial charge in [0.1, 0.15) is 0 Å². The Morgan fingerprint density at radius 2 is 1.88 bits per heavy atom. The Kier molecular flexibility index (Phi) is 9.11. The van der Waals surface area contributed by atoms with Gasteiger partial charge in [0, 0.05) is 12.1 Å². The van der Waals surface area contributed by atoms with Crippen LogP contribution in [0.5, 0.6) is 11.5 Å². The predicted octanol–water partition coefficient (Wildman–Crippen LogP) is 3.16. The van der Waals surface area contributed by atoms with Gasteiger partial charge in [0.05, 0.1) is 7.11 Å². The predicted molar refractivity (Wildman–Crippen MR) is 92.1 cm³/mol. The SMILES string of the molecule is CCC(CC)NC(=O)COC(=O)/C=C/c1ccc(OC(F)F)c(OC)c1. The Hall–Kier alpha value is -2.64. The Bertz CT molecular complexity index is 630. The number of ether oxygens (including phenoxy) is 3. The van der Waals surface area contributed by atoms with Crippen LogP contribution in [0.1, 0.15) is 32.3 Å². The van der Waals surface area contributed by atoms with E-state index in [9.17, 15) is 18.4 Å². The van der Waals surface area contributed by atoms with Gasteiger partial charge >= 0.3 is 12.6 Å². The summed E-state index contributed by atoms with van der Waals surface area (Å²) < 4.78 is 38.7. The van der Waals surface area contributed by atoms with Crippen molar-refractivity contribution in [1.29, 1.82) is 0 Å². The first-order valence-corrected chi connectivity index (χ1v) is 8.16. The third-order valence-electron chi connectivity index (χ3n) is 3.51. The third-order valence-corrected chi connectivity index (χ3v) is 3.51. The van der Waals surface area contributed by atoms with Gasteiger partial charge in [-0.25, -0.2) is 4.79 Å². The monoisotopic (exact) mass is 371 g/mol. The van der Waals surface area contributed by atoms with Gasteiger partial charge < -0.3 is 19.5 Å². The van der Waals surface area contributed by atoms with E-state index in [2.05, 4.69) is 10.1 Å². The first-order valence-electron chi connectivity index (χ1n) is 8.16. The number of rotatable bonds is 10. The molecule has 0 atom stereocenters. The number of amides is 1. The molecule has 0 aliphatic carbocycles. The minimum atomic E-state index is -2.97. The van der Waals surface area contributed by atoms with Crippen LogP contribution in [0.25, 0.3) is 6.08 Å². The molecule has 0 heterocycles. The molecular formula is C18H23F2NO5. The normalized spacial score (nSPS) is 11.0. The second-order valence-corrected chi connectivity index (χ2v) is 5.31. The quantitative estimate of drug-likeness (QED) is 0.505. The maximum absolute atomic E-state index is 12.3. The molecule has 1 N–H and O–H groups in total. The van der Waals surface area contributed by atoms with Crippen LogP contribution in [-0.2, 0) is 14.3 Å². The number of nitrogens with one attached hydrogen (secondary N) is 1. The number of carbonyl (C=O) groups excluding carboxylic acids is 2. The van der Waals surface area contributed by atoms with E-state index in [1.165, 1.54) is 31.4 Å². The van der Waals surface area contributed by atoms with Gasteiger partial charge in [-0.15, -0.1) is 0 Å². The lowest BCUT2D eigenvalue weighted by Crippen LogP contribution is -2.36. The van der Waals surface area contributed by atoms with Crippen LogP contribution in [0, 0.1) is 0 Å². The minimum Gasteiger partial charge on any atom is -0.493 e. The number of halogens is 2. The molecule has 0 aliphatic rings. The molecule has 8 heteroatoms. The average Bonchev–Trinajstić information content (AvgIpc) is 2.63. The largest absolute Gasteiger partial charge is 0.493 e. The molecule has 0 bridgehead atoms. The lowest BCUT2D eigenvalue weighted by atomic mass is 10.2. The molecular weight excluding hydrogens is 348 g/mol. The maximum atomic E-state index is 12.3. The first kappa shape index (κ1) is 21.4. The van der Waals surface area contributed by atoms with Crippen LogP contribution >= 0.6 is 0 Å². The van der Waals surface area contributed by atoms with E-state index >= 15 is 0 Å². The molecule has 1 aromatic carbocycles. The van der Waals surface area contributed by atoms with Gasteiger partial charge in [0.2, 0.25) is 0 Å². The molecule has 1 rings (SSSR count). The second kappa shape index (κ2) is 11.1. The summed E-state index contributed by atoms with van der Waals surface area (Å²) in [6, 6.07) is 4.27. The van der Waals surface area contributed by atoms with E-state index in [1.807, 2.05) is 13.8 Å². The van der Waals surface area contributed by atoms with E-state index in [0.29, 0.717) is 5.56 Å². The van der Waals surface area contributed by atoms with Gasteiger partial charge in [0.15, 0.2) is 18.1 Å². The van der Waals surface area contributed by atoms with Crippen LogP contribution in [0.2, 0.25) is 0 Å². The number of esters is 1. The highest BCUT2D eigenvalue weighted by atomic mass is 19.3. The summed E-state index contributed by atoms with van der Waals surface area (Å²) >= 11 is 0. The molecule has 0 radical (unpaired) electrons.